The molecule has 366 valence electrons. The van der Waals surface area contributed by atoms with E-state index < -0.39 is 6.10 Å². The summed E-state index contributed by atoms with van der Waals surface area (Å²) in [5.74, 6) is -0.872. The van der Waals surface area contributed by atoms with Crippen molar-refractivity contribution < 1.29 is 28.6 Å². The molecule has 0 rings (SSSR count). The van der Waals surface area contributed by atoms with Crippen LogP contribution in [0.25, 0.3) is 0 Å². The van der Waals surface area contributed by atoms with Crippen molar-refractivity contribution in [3.63, 3.8) is 0 Å². The van der Waals surface area contributed by atoms with E-state index in [1.165, 1.54) is 205 Å². The Morgan fingerprint density at radius 1 is 0.306 bits per heavy atom. The third-order valence-electron chi connectivity index (χ3n) is 12.5. The van der Waals surface area contributed by atoms with Crippen LogP contribution in [0.4, 0.5) is 0 Å². The van der Waals surface area contributed by atoms with Gasteiger partial charge in [0, 0.05) is 19.3 Å². The molecule has 0 amide bonds. The maximum absolute atomic E-state index is 12.7. The first kappa shape index (κ1) is 60.2. The summed E-state index contributed by atoms with van der Waals surface area (Å²) in [4.78, 5) is 37.7. The number of rotatable bonds is 51. The summed E-state index contributed by atoms with van der Waals surface area (Å²) >= 11 is 0. The van der Waals surface area contributed by atoms with Gasteiger partial charge in [-0.2, -0.15) is 0 Å². The van der Waals surface area contributed by atoms with Gasteiger partial charge in [0.05, 0.1) is 0 Å². The van der Waals surface area contributed by atoms with Crippen molar-refractivity contribution >= 4 is 17.9 Å². The van der Waals surface area contributed by atoms with Gasteiger partial charge < -0.3 is 14.2 Å². The molecule has 0 radical (unpaired) electrons. The highest BCUT2D eigenvalue weighted by molar-refractivity contribution is 5.71. The molecular formula is C56H106O6. The van der Waals surface area contributed by atoms with E-state index in [0.717, 1.165) is 64.2 Å². The second-order valence-electron chi connectivity index (χ2n) is 18.9. The van der Waals surface area contributed by atoms with Crippen LogP contribution in [-0.4, -0.2) is 37.2 Å². The van der Waals surface area contributed by atoms with E-state index in [-0.39, 0.29) is 31.1 Å². The van der Waals surface area contributed by atoms with Gasteiger partial charge in [0.25, 0.3) is 0 Å². The van der Waals surface area contributed by atoms with Crippen LogP contribution in [0, 0.1) is 0 Å². The highest BCUT2D eigenvalue weighted by Crippen LogP contribution is 2.17. The minimum absolute atomic E-state index is 0.0690. The molecule has 0 aromatic rings. The van der Waals surface area contributed by atoms with Crippen LogP contribution in [0.1, 0.15) is 310 Å². The molecule has 0 bridgehead atoms. The van der Waals surface area contributed by atoms with Gasteiger partial charge in [-0.25, -0.2) is 0 Å². The lowest BCUT2D eigenvalue weighted by Gasteiger charge is -2.18. The van der Waals surface area contributed by atoms with Crippen LogP contribution in [0.5, 0.6) is 0 Å². The van der Waals surface area contributed by atoms with Crippen molar-refractivity contribution in [3.8, 4) is 0 Å². The fourth-order valence-electron chi connectivity index (χ4n) is 8.32. The number of allylic oxidation sites excluding steroid dienone is 2. The van der Waals surface area contributed by atoms with Crippen LogP contribution < -0.4 is 0 Å². The smallest absolute Gasteiger partial charge is 0.306 e. The van der Waals surface area contributed by atoms with Crippen LogP contribution in [0.15, 0.2) is 12.2 Å². The number of carbonyl (C=O) groups excluding carboxylic acids is 3. The van der Waals surface area contributed by atoms with Crippen molar-refractivity contribution in [1.29, 1.82) is 0 Å². The first-order chi connectivity index (χ1) is 30.5. The molecule has 0 aromatic heterocycles. The summed E-state index contributed by atoms with van der Waals surface area (Å²) < 4.78 is 16.7. The van der Waals surface area contributed by atoms with Gasteiger partial charge in [-0.1, -0.05) is 258 Å². The molecule has 62 heavy (non-hydrogen) atoms. The first-order valence-electron chi connectivity index (χ1n) is 27.7. The largest absolute Gasteiger partial charge is 0.462 e. The maximum atomic E-state index is 12.7. The molecule has 0 heterocycles. The first-order valence-corrected chi connectivity index (χ1v) is 27.7. The quantitative estimate of drug-likeness (QED) is 0.0262. The number of hydrogen-bond acceptors (Lipinski definition) is 6. The summed E-state index contributed by atoms with van der Waals surface area (Å²) in [6.07, 6.45) is 58.2. The second-order valence-corrected chi connectivity index (χ2v) is 18.9. The number of unbranched alkanes of at least 4 members (excludes halogenated alkanes) is 38. The number of carbonyl (C=O) groups is 3. The van der Waals surface area contributed by atoms with Gasteiger partial charge in [-0.3, -0.25) is 14.4 Å². The minimum Gasteiger partial charge on any atom is -0.462 e. The molecule has 0 spiro atoms. The zero-order chi connectivity index (χ0) is 45.1. The number of hydrogen-bond donors (Lipinski definition) is 0. The monoisotopic (exact) mass is 875 g/mol. The Balaban J connectivity index is 4.02. The Labute approximate surface area is 386 Å². The van der Waals surface area contributed by atoms with Crippen molar-refractivity contribution in [2.24, 2.45) is 0 Å². The number of esters is 3. The minimum atomic E-state index is -0.766. The Kier molecular flexibility index (Phi) is 50.2. The highest BCUT2D eigenvalue weighted by Gasteiger charge is 2.19. The third-order valence-corrected chi connectivity index (χ3v) is 12.5. The summed E-state index contributed by atoms with van der Waals surface area (Å²) in [5.41, 5.74) is 0. The lowest BCUT2D eigenvalue weighted by molar-refractivity contribution is -0.167. The highest BCUT2D eigenvalue weighted by atomic mass is 16.6. The molecule has 0 N–H and O–H groups in total. The molecular weight excluding hydrogens is 769 g/mol. The lowest BCUT2D eigenvalue weighted by Crippen LogP contribution is -2.30. The predicted molar refractivity (Wildman–Crippen MR) is 266 cm³/mol. The van der Waals surface area contributed by atoms with E-state index in [4.69, 9.17) is 14.2 Å². The summed E-state index contributed by atoms with van der Waals surface area (Å²) in [7, 11) is 0. The van der Waals surface area contributed by atoms with E-state index in [1.807, 2.05) is 0 Å². The molecule has 0 saturated carbocycles. The van der Waals surface area contributed by atoms with E-state index in [1.54, 1.807) is 0 Å². The van der Waals surface area contributed by atoms with Crippen molar-refractivity contribution in [1.82, 2.24) is 0 Å². The van der Waals surface area contributed by atoms with E-state index in [9.17, 15) is 14.4 Å². The fourth-order valence-corrected chi connectivity index (χ4v) is 8.32. The Morgan fingerprint density at radius 3 is 0.823 bits per heavy atom. The van der Waals surface area contributed by atoms with Crippen molar-refractivity contribution in [2.75, 3.05) is 13.2 Å². The molecule has 0 saturated heterocycles. The van der Waals surface area contributed by atoms with Crippen molar-refractivity contribution in [2.45, 2.75) is 316 Å². The van der Waals surface area contributed by atoms with Crippen molar-refractivity contribution in [3.05, 3.63) is 12.2 Å². The Hall–Kier alpha value is -1.85. The second kappa shape index (κ2) is 51.8. The van der Waals surface area contributed by atoms with Gasteiger partial charge in [0.15, 0.2) is 6.10 Å². The van der Waals surface area contributed by atoms with Gasteiger partial charge in [0.1, 0.15) is 13.2 Å². The average Bonchev–Trinajstić information content (AvgIpc) is 3.27. The fraction of sp³-hybridized carbons (Fsp3) is 0.911. The lowest BCUT2D eigenvalue weighted by atomic mass is 10.0. The van der Waals surface area contributed by atoms with Gasteiger partial charge in [-0.15, -0.1) is 0 Å². The summed E-state index contributed by atoms with van der Waals surface area (Å²) in [5, 5.41) is 0. The van der Waals surface area contributed by atoms with Crippen LogP contribution in [0.2, 0.25) is 0 Å². The molecule has 6 heteroatoms. The van der Waals surface area contributed by atoms with Crippen LogP contribution in [0.3, 0.4) is 0 Å². The third kappa shape index (κ3) is 49.2. The Morgan fingerprint density at radius 2 is 0.532 bits per heavy atom. The van der Waals surface area contributed by atoms with Gasteiger partial charge in [0.2, 0.25) is 0 Å². The zero-order valence-electron chi connectivity index (χ0n) is 41.9. The SMILES string of the molecule is CCCCCC/C=C\CCCCCCCC(=O)OC(COC(=O)CCCCCCCC)COC(=O)CCCCCCCCCCCCCCCCCCCCCCCCCCC. The molecule has 0 aliphatic carbocycles. The van der Waals surface area contributed by atoms with E-state index in [2.05, 4.69) is 32.9 Å². The summed E-state index contributed by atoms with van der Waals surface area (Å²) in [6, 6.07) is 0. The normalized spacial score (nSPS) is 12.0. The van der Waals surface area contributed by atoms with E-state index >= 15 is 0 Å². The molecule has 1 unspecified atom stereocenters. The topological polar surface area (TPSA) is 78.9 Å². The maximum Gasteiger partial charge on any atom is 0.306 e. The Bertz CT molecular complexity index is 962. The average molecular weight is 875 g/mol. The molecule has 6 nitrogen and oxygen atoms in total. The molecule has 0 aliphatic heterocycles. The van der Waals surface area contributed by atoms with Gasteiger partial charge >= 0.3 is 17.9 Å². The van der Waals surface area contributed by atoms with Crippen LogP contribution >= 0.6 is 0 Å². The molecule has 0 fully saturated rings. The standard InChI is InChI=1S/C56H106O6/c1-4-7-10-13-16-18-20-22-23-24-25-26-27-28-29-30-31-32-33-35-36-38-40-43-46-49-55(58)61-52-53(51-60-54(57)48-45-42-15-12-9-6-3)62-56(59)50-47-44-41-39-37-34-21-19-17-14-11-8-5-2/h19,21,53H,4-18,20,22-52H2,1-3H3/b21-19-. The molecule has 0 aromatic carbocycles. The van der Waals surface area contributed by atoms with Crippen LogP contribution in [-0.2, 0) is 28.6 Å². The molecule has 1 atom stereocenters. The predicted octanol–water partition coefficient (Wildman–Crippen LogP) is 18.2. The molecule has 0 aliphatic rings. The van der Waals surface area contributed by atoms with Gasteiger partial charge in [-0.05, 0) is 44.9 Å². The number of ether oxygens (including phenoxy) is 3. The zero-order valence-corrected chi connectivity index (χ0v) is 41.9. The summed E-state index contributed by atoms with van der Waals surface area (Å²) in [6.45, 7) is 6.60. The van der Waals surface area contributed by atoms with E-state index in [0.29, 0.717) is 19.3 Å².